The molecular formula is C15H24Na2O5S. The largest absolute Gasteiger partial charge is 1.00 e. The zero-order chi connectivity index (χ0) is 15.7. The van der Waals surface area contributed by atoms with Crippen LogP contribution >= 0.6 is 0 Å². The summed E-state index contributed by atoms with van der Waals surface area (Å²) < 4.78 is 36.4. The molecular weight excluding hydrogens is 338 g/mol. The molecule has 1 N–H and O–H groups in total. The quantitative estimate of drug-likeness (QED) is 0.178. The van der Waals surface area contributed by atoms with Gasteiger partial charge in [0, 0.05) is 6.42 Å². The fourth-order valence-electron chi connectivity index (χ4n) is 1.97. The molecule has 0 fully saturated rings. The summed E-state index contributed by atoms with van der Waals surface area (Å²) in [7, 11) is -4.39. The molecule has 0 aliphatic carbocycles. The van der Waals surface area contributed by atoms with Gasteiger partial charge in [0.1, 0.15) is 4.90 Å². The molecule has 5 nitrogen and oxygen atoms in total. The van der Waals surface area contributed by atoms with Gasteiger partial charge in [-0.1, -0.05) is 51.2 Å². The van der Waals surface area contributed by atoms with Gasteiger partial charge in [-0.2, -0.15) is 8.42 Å². The van der Waals surface area contributed by atoms with Crippen LogP contribution in [-0.2, 0) is 14.9 Å². The van der Waals surface area contributed by atoms with Gasteiger partial charge in [0.2, 0.25) is 0 Å². The van der Waals surface area contributed by atoms with E-state index in [1.54, 1.807) is 6.07 Å². The SMILES string of the molecule is CCCCCCCCC(=O)Oc1ccccc1S(=O)(=O)O.[H-].[H-].[Na+].[Na+]. The number of para-hydroxylation sites is 1. The van der Waals surface area contributed by atoms with Crippen molar-refractivity contribution in [1.29, 1.82) is 0 Å². The number of hydrogen-bond donors (Lipinski definition) is 1. The van der Waals surface area contributed by atoms with E-state index in [0.717, 1.165) is 25.7 Å². The molecule has 23 heavy (non-hydrogen) atoms. The van der Waals surface area contributed by atoms with Crippen molar-refractivity contribution in [3.05, 3.63) is 24.3 Å². The minimum absolute atomic E-state index is 0. The Morgan fingerprint density at radius 3 is 2.26 bits per heavy atom. The van der Waals surface area contributed by atoms with Gasteiger partial charge in [0.25, 0.3) is 10.1 Å². The molecule has 0 spiro atoms. The van der Waals surface area contributed by atoms with Crippen molar-refractivity contribution in [1.82, 2.24) is 0 Å². The van der Waals surface area contributed by atoms with Gasteiger partial charge in [-0.15, -0.1) is 0 Å². The Morgan fingerprint density at radius 1 is 1.09 bits per heavy atom. The topological polar surface area (TPSA) is 80.7 Å². The Hall–Kier alpha value is 0.600. The Labute approximate surface area is 185 Å². The van der Waals surface area contributed by atoms with Gasteiger partial charge in [0.05, 0.1) is 0 Å². The van der Waals surface area contributed by atoms with Crippen molar-refractivity contribution in [2.75, 3.05) is 0 Å². The van der Waals surface area contributed by atoms with Crippen LogP contribution in [0.15, 0.2) is 29.2 Å². The summed E-state index contributed by atoms with van der Waals surface area (Å²) >= 11 is 0. The zero-order valence-corrected chi connectivity index (χ0v) is 19.1. The van der Waals surface area contributed by atoms with Crippen molar-refractivity contribution in [2.24, 2.45) is 0 Å². The molecule has 1 aromatic rings. The van der Waals surface area contributed by atoms with Crippen LogP contribution in [0.3, 0.4) is 0 Å². The van der Waals surface area contributed by atoms with E-state index < -0.39 is 16.1 Å². The summed E-state index contributed by atoms with van der Waals surface area (Å²) in [5.41, 5.74) is 0. The van der Waals surface area contributed by atoms with Crippen LogP contribution in [0.2, 0.25) is 0 Å². The van der Waals surface area contributed by atoms with Gasteiger partial charge in [-0.05, 0) is 18.6 Å². The average molecular weight is 362 g/mol. The molecule has 0 aromatic heterocycles. The van der Waals surface area contributed by atoms with Crippen molar-refractivity contribution >= 4 is 16.1 Å². The number of rotatable bonds is 9. The molecule has 0 bridgehead atoms. The predicted octanol–water partition coefficient (Wildman–Crippen LogP) is -2.18. The van der Waals surface area contributed by atoms with Crippen molar-refractivity contribution in [3.8, 4) is 5.75 Å². The molecule has 0 radical (unpaired) electrons. The maximum atomic E-state index is 11.7. The second-order valence-corrected chi connectivity index (χ2v) is 6.30. The third-order valence-corrected chi connectivity index (χ3v) is 3.98. The van der Waals surface area contributed by atoms with E-state index in [1.807, 2.05) is 0 Å². The minimum atomic E-state index is -4.39. The standard InChI is InChI=1S/C15H22O5S.2Na.2H/c1-2-3-4-5-6-7-12-15(16)20-13-10-8-9-11-14(13)21(17,18)19;;;;/h8-11H,2-7,12H2,1H3,(H,17,18,19);;;;/q;2*+1;2*-1. The molecule has 8 heteroatoms. The van der Waals surface area contributed by atoms with E-state index in [-0.39, 0.29) is 79.0 Å². The van der Waals surface area contributed by atoms with Crippen LogP contribution in [0, 0.1) is 0 Å². The Kier molecular flexibility index (Phi) is 15.5. The minimum Gasteiger partial charge on any atom is -1.00 e. The fourth-order valence-corrected chi connectivity index (χ4v) is 2.59. The predicted molar refractivity (Wildman–Crippen MR) is 82.1 cm³/mol. The van der Waals surface area contributed by atoms with E-state index in [1.165, 1.54) is 31.0 Å². The summed E-state index contributed by atoms with van der Waals surface area (Å²) in [5.74, 6) is -0.613. The van der Waals surface area contributed by atoms with Crippen LogP contribution in [-0.4, -0.2) is 18.9 Å². The van der Waals surface area contributed by atoms with E-state index in [2.05, 4.69) is 6.92 Å². The molecule has 0 saturated carbocycles. The average Bonchev–Trinajstić information content (AvgIpc) is 2.42. The maximum Gasteiger partial charge on any atom is 1.00 e. The first kappa shape index (κ1) is 25.8. The first-order chi connectivity index (χ1) is 9.95. The van der Waals surface area contributed by atoms with Crippen LogP contribution in [0.25, 0.3) is 0 Å². The molecule has 0 aliphatic heterocycles. The first-order valence-electron chi connectivity index (χ1n) is 7.22. The van der Waals surface area contributed by atoms with Crippen molar-refractivity contribution < 1.29 is 84.5 Å². The second-order valence-electron chi connectivity index (χ2n) is 4.91. The van der Waals surface area contributed by atoms with Crippen LogP contribution < -0.4 is 63.9 Å². The summed E-state index contributed by atoms with van der Waals surface area (Å²) in [6.07, 6.45) is 6.54. The smallest absolute Gasteiger partial charge is 1.00 e. The fraction of sp³-hybridized carbons (Fsp3) is 0.533. The van der Waals surface area contributed by atoms with Crippen molar-refractivity contribution in [2.45, 2.75) is 56.8 Å². The van der Waals surface area contributed by atoms with Crippen LogP contribution in [0.1, 0.15) is 54.7 Å². The number of carbonyl (C=O) groups is 1. The van der Waals surface area contributed by atoms with E-state index in [4.69, 9.17) is 9.29 Å². The molecule has 0 aliphatic rings. The van der Waals surface area contributed by atoms with Crippen LogP contribution in [0.4, 0.5) is 0 Å². The second kappa shape index (κ2) is 13.8. The van der Waals surface area contributed by atoms with Gasteiger partial charge >= 0.3 is 65.1 Å². The monoisotopic (exact) mass is 362 g/mol. The number of esters is 1. The third kappa shape index (κ3) is 10.9. The molecule has 0 amide bonds. The summed E-state index contributed by atoms with van der Waals surface area (Å²) in [6.45, 7) is 2.14. The summed E-state index contributed by atoms with van der Waals surface area (Å²) in [4.78, 5) is 11.3. The molecule has 122 valence electrons. The number of ether oxygens (including phenoxy) is 1. The normalized spacial score (nSPS) is 10.3. The van der Waals surface area contributed by atoms with E-state index in [0.29, 0.717) is 0 Å². The van der Waals surface area contributed by atoms with Crippen molar-refractivity contribution in [3.63, 3.8) is 0 Å². The Bertz CT molecular complexity index is 571. The van der Waals surface area contributed by atoms with Crippen LogP contribution in [0.5, 0.6) is 5.75 Å². The molecule has 0 saturated heterocycles. The zero-order valence-electron chi connectivity index (χ0n) is 16.2. The van der Waals surface area contributed by atoms with E-state index >= 15 is 0 Å². The molecule has 0 heterocycles. The number of carbonyl (C=O) groups excluding carboxylic acids is 1. The Morgan fingerprint density at radius 2 is 1.65 bits per heavy atom. The van der Waals surface area contributed by atoms with Gasteiger partial charge < -0.3 is 7.59 Å². The van der Waals surface area contributed by atoms with E-state index in [9.17, 15) is 13.2 Å². The Balaban J connectivity index is -0.000000551. The molecule has 1 aromatic carbocycles. The summed E-state index contributed by atoms with van der Waals surface area (Å²) in [5, 5.41) is 0. The van der Waals surface area contributed by atoms with Gasteiger partial charge in [0.15, 0.2) is 5.75 Å². The maximum absolute atomic E-state index is 11.7. The summed E-state index contributed by atoms with van der Waals surface area (Å²) in [6, 6.07) is 5.54. The molecule has 1 rings (SSSR count). The van der Waals surface area contributed by atoms with Gasteiger partial charge in [-0.3, -0.25) is 9.35 Å². The molecule has 0 atom stereocenters. The number of hydrogen-bond acceptors (Lipinski definition) is 4. The first-order valence-corrected chi connectivity index (χ1v) is 8.66. The molecule has 0 unspecified atom stereocenters. The number of benzene rings is 1. The third-order valence-electron chi connectivity index (χ3n) is 3.09. The van der Waals surface area contributed by atoms with Gasteiger partial charge in [-0.25, -0.2) is 0 Å². The number of unbranched alkanes of at least 4 members (excludes halogenated alkanes) is 5.